The molecule has 0 N–H and O–H groups in total. The topological polar surface area (TPSA) is 29.5 Å². The van der Waals surface area contributed by atoms with Crippen LogP contribution in [0.1, 0.15) is 11.6 Å². The van der Waals surface area contributed by atoms with E-state index in [1.807, 2.05) is 14.1 Å². The number of benzene rings is 1. The molecule has 0 bridgehead atoms. The van der Waals surface area contributed by atoms with Crippen LogP contribution in [0.25, 0.3) is 0 Å². The SMILES string of the molecule is COc1ccc(Cl)cc1C(C=O)N(C)C. The van der Waals surface area contributed by atoms with Crippen molar-refractivity contribution in [1.82, 2.24) is 4.90 Å². The second-order valence-electron chi connectivity index (χ2n) is 3.43. The number of hydrogen-bond donors (Lipinski definition) is 0. The number of aldehydes is 1. The average Bonchev–Trinajstić information content (AvgIpc) is 2.18. The molecule has 1 aromatic rings. The Morgan fingerprint density at radius 2 is 2.13 bits per heavy atom. The van der Waals surface area contributed by atoms with Gasteiger partial charge < -0.3 is 9.53 Å². The van der Waals surface area contributed by atoms with Crippen LogP contribution in [0.4, 0.5) is 0 Å². The van der Waals surface area contributed by atoms with Crippen LogP contribution in [-0.4, -0.2) is 32.4 Å². The van der Waals surface area contributed by atoms with E-state index in [1.165, 1.54) is 0 Å². The quantitative estimate of drug-likeness (QED) is 0.739. The molecule has 0 aliphatic rings. The number of likely N-dealkylation sites (N-methyl/N-ethyl adjacent to an activating group) is 1. The molecular formula is C11H14ClNO2. The summed E-state index contributed by atoms with van der Waals surface area (Å²) in [5.41, 5.74) is 0.782. The number of nitrogens with zero attached hydrogens (tertiary/aromatic N) is 1. The number of methoxy groups -OCH3 is 1. The van der Waals surface area contributed by atoms with Gasteiger partial charge in [-0.15, -0.1) is 0 Å². The third-order valence-corrected chi connectivity index (χ3v) is 2.43. The van der Waals surface area contributed by atoms with Gasteiger partial charge in [-0.05, 0) is 32.3 Å². The Balaban J connectivity index is 3.19. The van der Waals surface area contributed by atoms with Gasteiger partial charge in [0.05, 0.1) is 13.2 Å². The third-order valence-electron chi connectivity index (χ3n) is 2.20. The highest BCUT2D eigenvalue weighted by molar-refractivity contribution is 6.30. The number of ether oxygens (including phenoxy) is 1. The predicted octanol–water partition coefficient (Wildman–Crippen LogP) is 2.15. The maximum Gasteiger partial charge on any atom is 0.141 e. The Bertz CT molecular complexity index is 352. The van der Waals surface area contributed by atoms with Crippen molar-refractivity contribution in [3.8, 4) is 5.75 Å². The number of halogens is 1. The van der Waals surface area contributed by atoms with Gasteiger partial charge in [0.15, 0.2) is 0 Å². The van der Waals surface area contributed by atoms with Crippen LogP contribution in [0.2, 0.25) is 5.02 Å². The highest BCUT2D eigenvalue weighted by Gasteiger charge is 2.17. The van der Waals surface area contributed by atoms with Crippen LogP contribution in [-0.2, 0) is 4.79 Å². The normalized spacial score (nSPS) is 12.6. The second-order valence-corrected chi connectivity index (χ2v) is 3.87. The van der Waals surface area contributed by atoms with E-state index in [0.29, 0.717) is 10.8 Å². The first kappa shape index (κ1) is 12.0. The predicted molar refractivity (Wildman–Crippen MR) is 60.5 cm³/mol. The molecule has 0 aromatic heterocycles. The molecule has 3 nitrogen and oxygen atoms in total. The fraction of sp³-hybridized carbons (Fsp3) is 0.364. The van der Waals surface area contributed by atoms with Gasteiger partial charge in [-0.2, -0.15) is 0 Å². The van der Waals surface area contributed by atoms with Crippen LogP contribution in [0.15, 0.2) is 18.2 Å². The van der Waals surface area contributed by atoms with E-state index < -0.39 is 0 Å². The lowest BCUT2D eigenvalue weighted by molar-refractivity contribution is -0.111. The Labute approximate surface area is 94.6 Å². The number of hydrogen-bond acceptors (Lipinski definition) is 3. The summed E-state index contributed by atoms with van der Waals surface area (Å²) >= 11 is 5.89. The van der Waals surface area contributed by atoms with E-state index in [2.05, 4.69) is 0 Å². The third kappa shape index (κ3) is 2.70. The van der Waals surface area contributed by atoms with Gasteiger partial charge in [0, 0.05) is 10.6 Å². The Kier molecular flexibility index (Phi) is 4.12. The minimum absolute atomic E-state index is 0.335. The summed E-state index contributed by atoms with van der Waals surface area (Å²) in [7, 11) is 5.24. The maximum atomic E-state index is 11.0. The molecule has 1 unspecified atom stereocenters. The summed E-state index contributed by atoms with van der Waals surface area (Å²) in [6.45, 7) is 0. The van der Waals surface area contributed by atoms with E-state index in [9.17, 15) is 4.79 Å². The van der Waals surface area contributed by atoms with E-state index in [1.54, 1.807) is 30.2 Å². The summed E-state index contributed by atoms with van der Waals surface area (Å²) in [5, 5.41) is 0.597. The zero-order valence-corrected chi connectivity index (χ0v) is 9.78. The van der Waals surface area contributed by atoms with Gasteiger partial charge >= 0.3 is 0 Å². The summed E-state index contributed by atoms with van der Waals surface area (Å²) in [6, 6.07) is 4.91. The van der Waals surface area contributed by atoms with Crippen LogP contribution in [0.5, 0.6) is 5.75 Å². The van der Waals surface area contributed by atoms with Crippen molar-refractivity contribution >= 4 is 17.9 Å². The molecule has 0 heterocycles. The minimum Gasteiger partial charge on any atom is -0.496 e. The molecule has 1 rings (SSSR count). The molecule has 0 radical (unpaired) electrons. The van der Waals surface area contributed by atoms with E-state index >= 15 is 0 Å². The second kappa shape index (κ2) is 5.14. The van der Waals surface area contributed by atoms with Crippen molar-refractivity contribution in [3.63, 3.8) is 0 Å². The number of carbonyl (C=O) groups is 1. The first-order valence-corrected chi connectivity index (χ1v) is 4.93. The van der Waals surface area contributed by atoms with E-state index in [0.717, 1.165) is 11.8 Å². The zero-order chi connectivity index (χ0) is 11.4. The molecule has 1 atom stereocenters. The van der Waals surface area contributed by atoms with Gasteiger partial charge in [-0.1, -0.05) is 11.6 Å². The highest BCUT2D eigenvalue weighted by Crippen LogP contribution is 2.29. The van der Waals surface area contributed by atoms with E-state index in [4.69, 9.17) is 16.3 Å². The number of rotatable bonds is 4. The molecule has 0 aliphatic heterocycles. The zero-order valence-electron chi connectivity index (χ0n) is 9.03. The summed E-state index contributed by atoms with van der Waals surface area (Å²) in [6.07, 6.45) is 0.869. The minimum atomic E-state index is -0.335. The fourth-order valence-electron chi connectivity index (χ4n) is 1.41. The summed E-state index contributed by atoms with van der Waals surface area (Å²) < 4.78 is 5.19. The lowest BCUT2D eigenvalue weighted by Gasteiger charge is -2.21. The Morgan fingerprint density at radius 3 is 2.60 bits per heavy atom. The molecule has 82 valence electrons. The lowest BCUT2D eigenvalue weighted by Crippen LogP contribution is -2.21. The fourth-order valence-corrected chi connectivity index (χ4v) is 1.59. The highest BCUT2D eigenvalue weighted by atomic mass is 35.5. The Hall–Kier alpha value is -1.06. The first-order valence-electron chi connectivity index (χ1n) is 4.55. The van der Waals surface area contributed by atoms with E-state index in [-0.39, 0.29) is 6.04 Å². The van der Waals surface area contributed by atoms with Crippen LogP contribution >= 0.6 is 11.6 Å². The standard InChI is InChI=1S/C11H14ClNO2/c1-13(2)10(7-14)9-6-8(12)4-5-11(9)15-3/h4-7,10H,1-3H3. The average molecular weight is 228 g/mol. The molecule has 0 saturated heterocycles. The van der Waals surface area contributed by atoms with Crippen LogP contribution in [0, 0.1) is 0 Å². The van der Waals surface area contributed by atoms with Crippen molar-refractivity contribution < 1.29 is 9.53 Å². The number of carbonyl (C=O) groups excluding carboxylic acids is 1. The largest absolute Gasteiger partial charge is 0.496 e. The van der Waals surface area contributed by atoms with Crippen molar-refractivity contribution in [2.24, 2.45) is 0 Å². The summed E-state index contributed by atoms with van der Waals surface area (Å²) in [4.78, 5) is 12.8. The molecule has 0 fully saturated rings. The first-order chi connectivity index (χ1) is 7.10. The van der Waals surface area contributed by atoms with Crippen LogP contribution < -0.4 is 4.74 Å². The van der Waals surface area contributed by atoms with Gasteiger partial charge in [-0.3, -0.25) is 4.90 Å². The lowest BCUT2D eigenvalue weighted by atomic mass is 10.1. The Morgan fingerprint density at radius 1 is 1.47 bits per heavy atom. The van der Waals surface area contributed by atoms with Gasteiger partial charge in [0.2, 0.25) is 0 Å². The molecule has 0 aliphatic carbocycles. The van der Waals surface area contributed by atoms with Crippen LogP contribution in [0.3, 0.4) is 0 Å². The van der Waals surface area contributed by atoms with Crippen molar-refractivity contribution in [3.05, 3.63) is 28.8 Å². The monoisotopic (exact) mass is 227 g/mol. The van der Waals surface area contributed by atoms with Crippen molar-refractivity contribution in [2.45, 2.75) is 6.04 Å². The molecule has 1 aromatic carbocycles. The molecule has 0 amide bonds. The smallest absolute Gasteiger partial charge is 0.141 e. The molecule has 15 heavy (non-hydrogen) atoms. The van der Waals surface area contributed by atoms with Gasteiger partial charge in [0.25, 0.3) is 0 Å². The van der Waals surface area contributed by atoms with Crippen molar-refractivity contribution in [1.29, 1.82) is 0 Å². The molecule has 0 saturated carbocycles. The molecule has 4 heteroatoms. The van der Waals surface area contributed by atoms with Crippen molar-refractivity contribution in [2.75, 3.05) is 21.2 Å². The molecule has 0 spiro atoms. The maximum absolute atomic E-state index is 11.0. The van der Waals surface area contributed by atoms with Gasteiger partial charge in [0.1, 0.15) is 12.0 Å². The molecular weight excluding hydrogens is 214 g/mol. The summed E-state index contributed by atoms with van der Waals surface area (Å²) in [5.74, 6) is 0.671. The van der Waals surface area contributed by atoms with Gasteiger partial charge in [-0.25, -0.2) is 0 Å².